The number of carbonyl (C=O) groups is 1. The van der Waals surface area contributed by atoms with E-state index in [1.807, 2.05) is 43.3 Å². The van der Waals surface area contributed by atoms with Crippen LogP contribution in [0.25, 0.3) is 0 Å². The first-order valence-electron chi connectivity index (χ1n) is 9.38. The standard InChI is InChI=1S/C23H25BrO3/c1-2-6-21-19(16-26-15-17-7-4-3-5-8-17)11-14-22(21)27-23(25)18-9-12-20(24)13-10-18/h2-10,12-13,19,21-22H,11,14-16H2,1H3/b6-2+/t19-,21-,22+/m0/s1. The third-order valence-corrected chi connectivity index (χ3v) is 5.52. The van der Waals surface area contributed by atoms with Crippen LogP contribution in [-0.4, -0.2) is 18.7 Å². The first-order chi connectivity index (χ1) is 13.2. The number of benzene rings is 2. The minimum atomic E-state index is -0.257. The Balaban J connectivity index is 1.56. The van der Waals surface area contributed by atoms with Crippen molar-refractivity contribution in [1.29, 1.82) is 0 Å². The molecule has 0 saturated heterocycles. The van der Waals surface area contributed by atoms with E-state index in [0.717, 1.165) is 17.3 Å². The Morgan fingerprint density at radius 2 is 1.85 bits per heavy atom. The number of ether oxygens (including phenoxy) is 2. The lowest BCUT2D eigenvalue weighted by atomic mass is 9.95. The highest BCUT2D eigenvalue weighted by molar-refractivity contribution is 9.10. The van der Waals surface area contributed by atoms with E-state index in [2.05, 4.69) is 34.1 Å². The summed E-state index contributed by atoms with van der Waals surface area (Å²) in [6, 6.07) is 17.5. The fourth-order valence-corrected chi connectivity index (χ4v) is 3.86. The molecule has 3 atom stereocenters. The number of esters is 1. The van der Waals surface area contributed by atoms with Gasteiger partial charge in [0.2, 0.25) is 0 Å². The number of halogens is 1. The molecule has 0 amide bonds. The summed E-state index contributed by atoms with van der Waals surface area (Å²) < 4.78 is 12.7. The van der Waals surface area contributed by atoms with E-state index in [4.69, 9.17) is 9.47 Å². The molecular weight excluding hydrogens is 404 g/mol. The summed E-state index contributed by atoms with van der Waals surface area (Å²) in [6.07, 6.45) is 5.98. The molecule has 1 aliphatic rings. The highest BCUT2D eigenvalue weighted by atomic mass is 79.9. The summed E-state index contributed by atoms with van der Waals surface area (Å²) in [4.78, 5) is 12.5. The average Bonchev–Trinajstić information content (AvgIpc) is 3.05. The van der Waals surface area contributed by atoms with Gasteiger partial charge >= 0.3 is 5.97 Å². The molecular formula is C23H25BrO3. The Morgan fingerprint density at radius 3 is 2.56 bits per heavy atom. The fourth-order valence-electron chi connectivity index (χ4n) is 3.60. The van der Waals surface area contributed by atoms with Crippen molar-refractivity contribution in [2.75, 3.05) is 6.61 Å². The largest absolute Gasteiger partial charge is 0.458 e. The molecule has 3 nitrogen and oxygen atoms in total. The molecule has 2 aromatic rings. The van der Waals surface area contributed by atoms with Crippen LogP contribution < -0.4 is 0 Å². The van der Waals surface area contributed by atoms with Crippen molar-refractivity contribution in [2.24, 2.45) is 11.8 Å². The van der Waals surface area contributed by atoms with Gasteiger partial charge in [-0.1, -0.05) is 58.4 Å². The normalized spacial score (nSPS) is 22.2. The molecule has 1 aliphatic carbocycles. The molecule has 1 saturated carbocycles. The molecule has 0 N–H and O–H groups in total. The minimum Gasteiger partial charge on any atom is -0.458 e. The SMILES string of the molecule is C/C=C/[C@H]1[C@H](COCc2ccccc2)CC[C@H]1OC(=O)c1ccc(Br)cc1. The summed E-state index contributed by atoms with van der Waals surface area (Å²) in [6.45, 7) is 3.30. The summed E-state index contributed by atoms with van der Waals surface area (Å²) in [7, 11) is 0. The van der Waals surface area contributed by atoms with E-state index in [1.54, 1.807) is 12.1 Å². The van der Waals surface area contributed by atoms with Crippen LogP contribution in [0.1, 0.15) is 35.7 Å². The van der Waals surface area contributed by atoms with Crippen LogP contribution in [-0.2, 0) is 16.1 Å². The number of allylic oxidation sites excluding steroid dienone is 1. The van der Waals surface area contributed by atoms with Crippen molar-refractivity contribution in [3.63, 3.8) is 0 Å². The molecule has 0 aromatic heterocycles. The van der Waals surface area contributed by atoms with Crippen LogP contribution in [0, 0.1) is 11.8 Å². The zero-order valence-corrected chi connectivity index (χ0v) is 17.1. The Labute approximate surface area is 169 Å². The van der Waals surface area contributed by atoms with E-state index in [0.29, 0.717) is 24.7 Å². The van der Waals surface area contributed by atoms with Crippen LogP contribution in [0.15, 0.2) is 71.2 Å². The van der Waals surface area contributed by atoms with Crippen LogP contribution in [0.2, 0.25) is 0 Å². The van der Waals surface area contributed by atoms with Gasteiger partial charge in [0.25, 0.3) is 0 Å². The lowest BCUT2D eigenvalue weighted by Crippen LogP contribution is -2.25. The van der Waals surface area contributed by atoms with Gasteiger partial charge in [0, 0.05) is 10.4 Å². The third kappa shape index (κ3) is 5.53. The number of hydrogen-bond acceptors (Lipinski definition) is 3. The van der Waals surface area contributed by atoms with Gasteiger partial charge in [0.1, 0.15) is 6.10 Å². The molecule has 1 fully saturated rings. The molecule has 4 heteroatoms. The third-order valence-electron chi connectivity index (χ3n) is 4.99. The van der Waals surface area contributed by atoms with E-state index >= 15 is 0 Å². The zero-order valence-electron chi connectivity index (χ0n) is 15.5. The second kappa shape index (κ2) is 9.86. The van der Waals surface area contributed by atoms with Gasteiger partial charge in [-0.25, -0.2) is 4.79 Å². The van der Waals surface area contributed by atoms with E-state index in [9.17, 15) is 4.79 Å². The maximum atomic E-state index is 12.5. The highest BCUT2D eigenvalue weighted by Crippen LogP contribution is 2.36. The van der Waals surface area contributed by atoms with Crippen molar-refractivity contribution in [3.05, 3.63) is 82.3 Å². The second-order valence-electron chi connectivity index (χ2n) is 6.89. The van der Waals surface area contributed by atoms with Crippen molar-refractivity contribution in [2.45, 2.75) is 32.5 Å². The number of hydrogen-bond donors (Lipinski definition) is 0. The maximum Gasteiger partial charge on any atom is 0.338 e. The van der Waals surface area contributed by atoms with Crippen molar-refractivity contribution in [1.82, 2.24) is 0 Å². The molecule has 0 heterocycles. The molecule has 142 valence electrons. The highest BCUT2D eigenvalue weighted by Gasteiger charge is 2.37. The summed E-state index contributed by atoms with van der Waals surface area (Å²) >= 11 is 3.39. The van der Waals surface area contributed by atoms with Gasteiger partial charge < -0.3 is 9.47 Å². The lowest BCUT2D eigenvalue weighted by molar-refractivity contribution is 0.0175. The predicted molar refractivity (Wildman–Crippen MR) is 110 cm³/mol. The van der Waals surface area contributed by atoms with Gasteiger partial charge in [-0.05, 0) is 55.5 Å². The predicted octanol–water partition coefficient (Wildman–Crippen LogP) is 5.79. The number of rotatable bonds is 7. The minimum absolute atomic E-state index is 0.0947. The Morgan fingerprint density at radius 1 is 1.11 bits per heavy atom. The van der Waals surface area contributed by atoms with E-state index in [-0.39, 0.29) is 18.0 Å². The molecule has 0 radical (unpaired) electrons. The van der Waals surface area contributed by atoms with Crippen LogP contribution >= 0.6 is 15.9 Å². The van der Waals surface area contributed by atoms with E-state index in [1.165, 1.54) is 5.56 Å². The maximum absolute atomic E-state index is 12.5. The van der Waals surface area contributed by atoms with Crippen LogP contribution in [0.3, 0.4) is 0 Å². The number of carbonyl (C=O) groups excluding carboxylic acids is 1. The smallest absolute Gasteiger partial charge is 0.338 e. The Kier molecular flexibility index (Phi) is 7.25. The second-order valence-corrected chi connectivity index (χ2v) is 7.81. The van der Waals surface area contributed by atoms with Crippen molar-refractivity contribution >= 4 is 21.9 Å². The van der Waals surface area contributed by atoms with Gasteiger partial charge in [-0.15, -0.1) is 0 Å². The van der Waals surface area contributed by atoms with Crippen molar-refractivity contribution < 1.29 is 14.3 Å². The van der Waals surface area contributed by atoms with Crippen molar-refractivity contribution in [3.8, 4) is 0 Å². The summed E-state index contributed by atoms with van der Waals surface area (Å²) in [5.74, 6) is 0.311. The van der Waals surface area contributed by atoms with Gasteiger partial charge in [-0.2, -0.15) is 0 Å². The first kappa shape index (κ1) is 19.8. The van der Waals surface area contributed by atoms with Gasteiger partial charge in [0.05, 0.1) is 18.8 Å². The summed E-state index contributed by atoms with van der Waals surface area (Å²) in [5.41, 5.74) is 1.76. The quantitative estimate of drug-likeness (QED) is 0.413. The topological polar surface area (TPSA) is 35.5 Å². The molecule has 0 spiro atoms. The molecule has 2 aromatic carbocycles. The average molecular weight is 429 g/mol. The monoisotopic (exact) mass is 428 g/mol. The van der Waals surface area contributed by atoms with Gasteiger partial charge in [-0.3, -0.25) is 0 Å². The molecule has 27 heavy (non-hydrogen) atoms. The van der Waals surface area contributed by atoms with Gasteiger partial charge in [0.15, 0.2) is 0 Å². The molecule has 0 aliphatic heterocycles. The molecule has 0 bridgehead atoms. The van der Waals surface area contributed by atoms with Crippen LogP contribution in [0.4, 0.5) is 0 Å². The molecule has 0 unspecified atom stereocenters. The zero-order chi connectivity index (χ0) is 19.1. The summed E-state index contributed by atoms with van der Waals surface area (Å²) in [5, 5.41) is 0. The van der Waals surface area contributed by atoms with E-state index < -0.39 is 0 Å². The van der Waals surface area contributed by atoms with Crippen LogP contribution in [0.5, 0.6) is 0 Å². The Hall–Kier alpha value is -1.91. The fraction of sp³-hybridized carbons (Fsp3) is 0.348. The lowest BCUT2D eigenvalue weighted by Gasteiger charge is -2.22. The first-order valence-corrected chi connectivity index (χ1v) is 10.2. The molecule has 3 rings (SSSR count). The Bertz CT molecular complexity index is 755.